The number of aliphatic hydroxyl groups excluding tert-OH is 1. The summed E-state index contributed by atoms with van der Waals surface area (Å²) in [5, 5.41) is 21.1. The molecule has 0 radical (unpaired) electrons. The highest BCUT2D eigenvalue weighted by atomic mass is 16.4. The number of nitrogens with one attached hydrogen (secondary N) is 1. The fourth-order valence-electron chi connectivity index (χ4n) is 1.88. The van der Waals surface area contributed by atoms with E-state index in [9.17, 15) is 14.7 Å². The van der Waals surface area contributed by atoms with Gasteiger partial charge >= 0.3 is 5.97 Å². The number of aliphatic carboxylic acids is 1. The van der Waals surface area contributed by atoms with Crippen LogP contribution in [0.4, 0.5) is 0 Å². The van der Waals surface area contributed by atoms with Crippen LogP contribution in [0.5, 0.6) is 0 Å². The number of carboxylic acid groups (broad SMARTS) is 1. The van der Waals surface area contributed by atoms with Crippen molar-refractivity contribution >= 4 is 11.9 Å². The first-order valence-corrected chi connectivity index (χ1v) is 5.73. The second-order valence-corrected chi connectivity index (χ2v) is 4.38. The number of hydrogen-bond acceptors (Lipinski definition) is 3. The SMILES string of the molecule is CC(C(=O)O)C(=O)NC1CCCCCC1O. The average molecular weight is 229 g/mol. The van der Waals surface area contributed by atoms with Gasteiger partial charge in [-0.2, -0.15) is 0 Å². The molecule has 0 aliphatic heterocycles. The van der Waals surface area contributed by atoms with Crippen LogP contribution in [-0.2, 0) is 9.59 Å². The van der Waals surface area contributed by atoms with Gasteiger partial charge in [0.15, 0.2) is 0 Å². The Morgan fingerprint density at radius 2 is 1.88 bits per heavy atom. The van der Waals surface area contributed by atoms with Gasteiger partial charge in [-0.15, -0.1) is 0 Å². The summed E-state index contributed by atoms with van der Waals surface area (Å²) in [6.07, 6.45) is 3.82. The molecular formula is C11H19NO4. The predicted octanol–water partition coefficient (Wildman–Crippen LogP) is 0.517. The van der Waals surface area contributed by atoms with E-state index >= 15 is 0 Å². The Labute approximate surface area is 94.8 Å². The summed E-state index contributed by atoms with van der Waals surface area (Å²) in [6.45, 7) is 1.35. The van der Waals surface area contributed by atoms with Crippen LogP contribution in [0.1, 0.15) is 39.0 Å². The summed E-state index contributed by atoms with van der Waals surface area (Å²) in [7, 11) is 0. The molecule has 0 aromatic heterocycles. The maximum atomic E-state index is 11.5. The van der Waals surface area contributed by atoms with Crippen LogP contribution in [0.15, 0.2) is 0 Å². The zero-order chi connectivity index (χ0) is 12.1. The highest BCUT2D eigenvalue weighted by molar-refractivity contribution is 5.96. The number of amides is 1. The van der Waals surface area contributed by atoms with Gasteiger partial charge in [0.2, 0.25) is 5.91 Å². The quantitative estimate of drug-likeness (QED) is 0.486. The van der Waals surface area contributed by atoms with Crippen molar-refractivity contribution in [2.24, 2.45) is 5.92 Å². The van der Waals surface area contributed by atoms with Crippen LogP contribution in [0.3, 0.4) is 0 Å². The minimum absolute atomic E-state index is 0.295. The third kappa shape index (κ3) is 3.48. The van der Waals surface area contributed by atoms with Crippen molar-refractivity contribution in [1.29, 1.82) is 0 Å². The molecule has 5 heteroatoms. The number of carbonyl (C=O) groups excluding carboxylic acids is 1. The number of carboxylic acids is 1. The molecule has 0 bridgehead atoms. The first-order valence-electron chi connectivity index (χ1n) is 5.73. The van der Waals surface area contributed by atoms with E-state index in [-0.39, 0.29) is 6.04 Å². The monoisotopic (exact) mass is 229 g/mol. The lowest BCUT2D eigenvalue weighted by atomic mass is 10.0. The molecule has 3 N–H and O–H groups in total. The molecule has 0 spiro atoms. The summed E-state index contributed by atoms with van der Waals surface area (Å²) in [4.78, 5) is 22.1. The van der Waals surface area contributed by atoms with E-state index in [1.54, 1.807) is 0 Å². The average Bonchev–Trinajstić information content (AvgIpc) is 2.43. The summed E-state index contributed by atoms with van der Waals surface area (Å²) in [5.74, 6) is -2.71. The first-order chi connectivity index (χ1) is 7.52. The molecule has 0 aromatic rings. The van der Waals surface area contributed by atoms with Crippen LogP contribution < -0.4 is 5.32 Å². The largest absolute Gasteiger partial charge is 0.481 e. The lowest BCUT2D eigenvalue weighted by molar-refractivity contribution is -0.146. The van der Waals surface area contributed by atoms with Gasteiger partial charge in [-0.1, -0.05) is 19.3 Å². The Morgan fingerprint density at radius 3 is 2.50 bits per heavy atom. The van der Waals surface area contributed by atoms with Crippen LogP contribution in [-0.4, -0.2) is 34.2 Å². The lowest BCUT2D eigenvalue weighted by Gasteiger charge is -2.22. The second-order valence-electron chi connectivity index (χ2n) is 4.38. The fourth-order valence-corrected chi connectivity index (χ4v) is 1.88. The molecule has 1 aliphatic rings. The van der Waals surface area contributed by atoms with Crippen molar-refractivity contribution in [3.63, 3.8) is 0 Å². The number of hydrogen-bond donors (Lipinski definition) is 3. The minimum Gasteiger partial charge on any atom is -0.481 e. The Morgan fingerprint density at radius 1 is 1.25 bits per heavy atom. The lowest BCUT2D eigenvalue weighted by Crippen LogP contribution is -2.46. The van der Waals surface area contributed by atoms with Crippen molar-refractivity contribution in [3.8, 4) is 0 Å². The van der Waals surface area contributed by atoms with Gasteiger partial charge in [0.25, 0.3) is 0 Å². The van der Waals surface area contributed by atoms with Crippen molar-refractivity contribution < 1.29 is 19.8 Å². The second kappa shape index (κ2) is 5.84. The maximum Gasteiger partial charge on any atom is 0.315 e. The molecule has 1 aliphatic carbocycles. The third-order valence-electron chi connectivity index (χ3n) is 3.07. The van der Waals surface area contributed by atoms with E-state index in [1.807, 2.05) is 0 Å². The Bertz CT molecular complexity index is 267. The fraction of sp³-hybridized carbons (Fsp3) is 0.818. The molecular weight excluding hydrogens is 210 g/mol. The molecule has 92 valence electrons. The molecule has 0 aromatic carbocycles. The molecule has 1 amide bonds. The normalized spacial score (nSPS) is 27.9. The van der Waals surface area contributed by atoms with E-state index < -0.39 is 23.9 Å². The molecule has 16 heavy (non-hydrogen) atoms. The Balaban J connectivity index is 2.51. The predicted molar refractivity (Wildman–Crippen MR) is 57.8 cm³/mol. The van der Waals surface area contributed by atoms with E-state index in [2.05, 4.69) is 5.32 Å². The van der Waals surface area contributed by atoms with Crippen molar-refractivity contribution in [1.82, 2.24) is 5.32 Å². The van der Waals surface area contributed by atoms with Gasteiger partial charge in [0.1, 0.15) is 5.92 Å². The van der Waals surface area contributed by atoms with Gasteiger partial charge in [0.05, 0.1) is 12.1 Å². The van der Waals surface area contributed by atoms with Crippen molar-refractivity contribution in [2.45, 2.75) is 51.2 Å². The van der Waals surface area contributed by atoms with Crippen molar-refractivity contribution in [3.05, 3.63) is 0 Å². The van der Waals surface area contributed by atoms with Crippen molar-refractivity contribution in [2.75, 3.05) is 0 Å². The third-order valence-corrected chi connectivity index (χ3v) is 3.07. The van der Waals surface area contributed by atoms with Crippen LogP contribution in [0.2, 0.25) is 0 Å². The van der Waals surface area contributed by atoms with E-state index in [4.69, 9.17) is 5.11 Å². The molecule has 5 nitrogen and oxygen atoms in total. The van der Waals surface area contributed by atoms with Crippen LogP contribution in [0, 0.1) is 5.92 Å². The van der Waals surface area contributed by atoms with Gasteiger partial charge in [-0.3, -0.25) is 9.59 Å². The highest BCUT2D eigenvalue weighted by Crippen LogP contribution is 2.18. The molecule has 0 heterocycles. The van der Waals surface area contributed by atoms with E-state index in [0.29, 0.717) is 6.42 Å². The molecule has 0 saturated heterocycles. The summed E-state index contributed by atoms with van der Waals surface area (Å²) >= 11 is 0. The van der Waals surface area contributed by atoms with E-state index in [0.717, 1.165) is 25.7 Å². The smallest absolute Gasteiger partial charge is 0.315 e. The molecule has 1 fully saturated rings. The zero-order valence-electron chi connectivity index (χ0n) is 9.48. The maximum absolute atomic E-state index is 11.5. The Kier molecular flexibility index (Phi) is 4.73. The van der Waals surface area contributed by atoms with Crippen LogP contribution >= 0.6 is 0 Å². The minimum atomic E-state index is -1.14. The van der Waals surface area contributed by atoms with Gasteiger partial charge in [0, 0.05) is 0 Å². The van der Waals surface area contributed by atoms with E-state index in [1.165, 1.54) is 6.92 Å². The Hall–Kier alpha value is -1.10. The standard InChI is InChI=1S/C11H19NO4/c1-7(11(15)16)10(14)12-8-5-3-2-4-6-9(8)13/h7-9,13H,2-6H2,1H3,(H,12,14)(H,15,16). The summed E-state index contributed by atoms with van der Waals surface area (Å²) in [5.41, 5.74) is 0. The number of carbonyl (C=O) groups is 2. The molecule has 3 atom stereocenters. The summed E-state index contributed by atoms with van der Waals surface area (Å²) < 4.78 is 0. The molecule has 1 saturated carbocycles. The molecule has 3 unspecified atom stereocenters. The first kappa shape index (κ1) is 13.0. The number of aliphatic hydroxyl groups is 1. The molecule has 1 rings (SSSR count). The topological polar surface area (TPSA) is 86.6 Å². The summed E-state index contributed by atoms with van der Waals surface area (Å²) in [6, 6.07) is -0.295. The van der Waals surface area contributed by atoms with Gasteiger partial charge in [-0.25, -0.2) is 0 Å². The highest BCUT2D eigenvalue weighted by Gasteiger charge is 2.27. The number of rotatable bonds is 3. The van der Waals surface area contributed by atoms with Crippen LogP contribution in [0.25, 0.3) is 0 Å². The van der Waals surface area contributed by atoms with Gasteiger partial charge in [-0.05, 0) is 19.8 Å². The van der Waals surface area contributed by atoms with Gasteiger partial charge < -0.3 is 15.5 Å². The zero-order valence-corrected chi connectivity index (χ0v) is 9.48.